The first kappa shape index (κ1) is 21.4. The number of carbonyl (C=O) groups excluding carboxylic acids is 2. The summed E-state index contributed by atoms with van der Waals surface area (Å²) < 4.78 is 0. The van der Waals surface area contributed by atoms with E-state index < -0.39 is 11.4 Å². The summed E-state index contributed by atoms with van der Waals surface area (Å²) in [5.74, 6) is 1.29. The lowest BCUT2D eigenvalue weighted by atomic mass is 9.48. The van der Waals surface area contributed by atoms with Gasteiger partial charge in [-0.15, -0.1) is 0 Å². The first-order valence-corrected chi connectivity index (χ1v) is 12.0. The third kappa shape index (κ3) is 3.10. The fourth-order valence-corrected chi connectivity index (χ4v) is 7.50. The van der Waals surface area contributed by atoms with Crippen LogP contribution < -0.4 is 10.6 Å². The van der Waals surface area contributed by atoms with E-state index in [-0.39, 0.29) is 22.9 Å². The van der Waals surface area contributed by atoms with Crippen LogP contribution in [0, 0.1) is 39.9 Å². The molecule has 0 saturated heterocycles. The average molecular weight is 412 g/mol. The van der Waals surface area contributed by atoms with Gasteiger partial charge in [0.1, 0.15) is 11.1 Å². The number of fused-ring (bicyclic) bond motifs is 5. The Morgan fingerprint density at radius 1 is 1.20 bits per heavy atom. The number of hydrogen-bond acceptors (Lipinski definition) is 3. The molecule has 0 radical (unpaired) electrons. The Kier molecular flexibility index (Phi) is 5.27. The van der Waals surface area contributed by atoms with E-state index in [4.69, 9.17) is 0 Å². The quantitative estimate of drug-likeness (QED) is 0.679. The van der Waals surface area contributed by atoms with E-state index in [9.17, 15) is 14.9 Å². The van der Waals surface area contributed by atoms with Crippen LogP contribution in [0.2, 0.25) is 0 Å². The number of rotatable bonds is 4. The number of nitrogens with zero attached hydrogens (tertiary/aromatic N) is 1. The molecule has 0 aromatic heterocycles. The van der Waals surface area contributed by atoms with Gasteiger partial charge in [-0.25, -0.2) is 0 Å². The Bertz CT molecular complexity index is 808. The Morgan fingerprint density at radius 3 is 2.60 bits per heavy atom. The summed E-state index contributed by atoms with van der Waals surface area (Å²) in [6.45, 7) is 8.54. The van der Waals surface area contributed by atoms with Crippen LogP contribution in [0.15, 0.2) is 11.6 Å². The number of carbonyl (C=O) groups is 2. The summed E-state index contributed by atoms with van der Waals surface area (Å²) in [5.41, 5.74) is -0.417. The highest BCUT2D eigenvalue weighted by Gasteiger charge is 2.58. The number of amides is 2. The fourth-order valence-electron chi connectivity index (χ4n) is 7.50. The van der Waals surface area contributed by atoms with Crippen molar-refractivity contribution in [3.63, 3.8) is 0 Å². The third-order valence-electron chi connectivity index (χ3n) is 9.58. The predicted molar refractivity (Wildman–Crippen MR) is 116 cm³/mol. The van der Waals surface area contributed by atoms with E-state index in [1.807, 2.05) is 19.9 Å². The largest absolute Gasteiger partial charge is 0.348 e. The van der Waals surface area contributed by atoms with E-state index in [0.29, 0.717) is 30.1 Å². The van der Waals surface area contributed by atoms with Crippen molar-refractivity contribution in [3.8, 4) is 6.07 Å². The van der Waals surface area contributed by atoms with Crippen molar-refractivity contribution in [1.29, 1.82) is 5.26 Å². The minimum absolute atomic E-state index is 0.103. The van der Waals surface area contributed by atoms with Crippen LogP contribution in [-0.2, 0) is 9.59 Å². The fraction of sp³-hybridized carbons (Fsp3) is 0.800. The molecule has 3 saturated carbocycles. The Hall–Kier alpha value is -1.83. The Balaban J connectivity index is 1.65. The second-order valence-corrected chi connectivity index (χ2v) is 10.8. The van der Waals surface area contributed by atoms with Crippen LogP contribution in [0.5, 0.6) is 0 Å². The maximum Gasteiger partial charge on any atom is 0.257 e. The molecule has 3 fully saturated rings. The van der Waals surface area contributed by atoms with Crippen LogP contribution in [-0.4, -0.2) is 23.4 Å². The third-order valence-corrected chi connectivity index (χ3v) is 9.58. The topological polar surface area (TPSA) is 82.0 Å². The molecule has 2 amide bonds. The van der Waals surface area contributed by atoms with E-state index >= 15 is 0 Å². The summed E-state index contributed by atoms with van der Waals surface area (Å²) in [6, 6.07) is 2.35. The van der Waals surface area contributed by atoms with Crippen LogP contribution in [0.4, 0.5) is 0 Å². The molecule has 4 aliphatic rings. The first-order chi connectivity index (χ1) is 14.2. The second kappa shape index (κ2) is 7.39. The predicted octanol–water partition coefficient (Wildman–Crippen LogP) is 4.24. The summed E-state index contributed by atoms with van der Waals surface area (Å²) in [5, 5.41) is 15.7. The SMILES string of the molecule is CCC(C#N)(CC)NC(=O)C1=C[C@@]2(C)C(CC[C@@H]3[C@H]2CC[C@]2(C)CCC[C@@H]32)NC1=O. The molecule has 3 aliphatic carbocycles. The molecule has 2 N–H and O–H groups in total. The van der Waals surface area contributed by atoms with Gasteiger partial charge in [-0.1, -0.05) is 40.2 Å². The smallest absolute Gasteiger partial charge is 0.257 e. The maximum atomic E-state index is 13.1. The number of nitriles is 1. The number of hydrogen-bond donors (Lipinski definition) is 2. The van der Waals surface area contributed by atoms with Gasteiger partial charge in [0.05, 0.1) is 6.07 Å². The molecule has 0 aromatic rings. The van der Waals surface area contributed by atoms with E-state index in [1.54, 1.807) is 0 Å². The molecule has 1 heterocycles. The van der Waals surface area contributed by atoms with Gasteiger partial charge in [0.25, 0.3) is 11.8 Å². The van der Waals surface area contributed by atoms with Crippen molar-refractivity contribution in [2.24, 2.45) is 28.6 Å². The van der Waals surface area contributed by atoms with Gasteiger partial charge in [-0.05, 0) is 74.5 Å². The van der Waals surface area contributed by atoms with Crippen LogP contribution in [0.3, 0.4) is 0 Å². The van der Waals surface area contributed by atoms with Gasteiger partial charge in [0.15, 0.2) is 0 Å². The Labute approximate surface area is 181 Å². The molecule has 1 aliphatic heterocycles. The second-order valence-electron chi connectivity index (χ2n) is 10.8. The summed E-state index contributed by atoms with van der Waals surface area (Å²) in [4.78, 5) is 26.0. The highest BCUT2D eigenvalue weighted by Crippen LogP contribution is 2.63. The molecule has 164 valence electrons. The van der Waals surface area contributed by atoms with Crippen LogP contribution in [0.1, 0.15) is 85.5 Å². The minimum atomic E-state index is -0.915. The minimum Gasteiger partial charge on any atom is -0.348 e. The van der Waals surface area contributed by atoms with Crippen molar-refractivity contribution < 1.29 is 9.59 Å². The van der Waals surface area contributed by atoms with Gasteiger partial charge in [0, 0.05) is 11.5 Å². The highest BCUT2D eigenvalue weighted by atomic mass is 16.2. The Morgan fingerprint density at radius 2 is 1.93 bits per heavy atom. The zero-order chi connectivity index (χ0) is 21.7. The molecule has 5 nitrogen and oxygen atoms in total. The lowest BCUT2D eigenvalue weighted by molar-refractivity contribution is -0.128. The molecule has 4 rings (SSSR count). The molecule has 0 bridgehead atoms. The van der Waals surface area contributed by atoms with Gasteiger partial charge >= 0.3 is 0 Å². The van der Waals surface area contributed by atoms with Crippen molar-refractivity contribution >= 4 is 11.8 Å². The molecule has 1 unspecified atom stereocenters. The molecule has 0 spiro atoms. The molecule has 5 heteroatoms. The summed E-state index contributed by atoms with van der Waals surface area (Å²) in [6.07, 6.45) is 11.7. The first-order valence-electron chi connectivity index (χ1n) is 12.0. The monoisotopic (exact) mass is 411 g/mol. The van der Waals surface area contributed by atoms with Crippen molar-refractivity contribution in [2.75, 3.05) is 0 Å². The number of nitrogens with one attached hydrogen (secondary N) is 2. The highest BCUT2D eigenvalue weighted by molar-refractivity contribution is 6.19. The molecular weight excluding hydrogens is 374 g/mol. The zero-order valence-electron chi connectivity index (χ0n) is 19.0. The average Bonchev–Trinajstić information content (AvgIpc) is 3.14. The van der Waals surface area contributed by atoms with Gasteiger partial charge in [0.2, 0.25) is 0 Å². The van der Waals surface area contributed by atoms with Crippen molar-refractivity contribution in [3.05, 3.63) is 11.6 Å². The molecule has 30 heavy (non-hydrogen) atoms. The van der Waals surface area contributed by atoms with Gasteiger partial charge in [-0.2, -0.15) is 5.26 Å². The van der Waals surface area contributed by atoms with E-state index in [2.05, 4.69) is 30.6 Å². The van der Waals surface area contributed by atoms with Crippen LogP contribution in [0.25, 0.3) is 0 Å². The van der Waals surface area contributed by atoms with Gasteiger partial charge < -0.3 is 10.6 Å². The van der Waals surface area contributed by atoms with Crippen molar-refractivity contribution in [1.82, 2.24) is 10.6 Å². The molecule has 0 aromatic carbocycles. The van der Waals surface area contributed by atoms with E-state index in [0.717, 1.165) is 12.3 Å². The summed E-state index contributed by atoms with van der Waals surface area (Å²) >= 11 is 0. The molecule has 6 atom stereocenters. The van der Waals surface area contributed by atoms with Gasteiger partial charge in [-0.3, -0.25) is 9.59 Å². The van der Waals surface area contributed by atoms with Crippen LogP contribution >= 0.6 is 0 Å². The van der Waals surface area contributed by atoms with Crippen molar-refractivity contribution in [2.45, 2.75) is 97.1 Å². The lowest BCUT2D eigenvalue weighted by Gasteiger charge is -2.58. The van der Waals surface area contributed by atoms with E-state index in [1.165, 1.54) is 38.5 Å². The standard InChI is InChI=1S/C25H37N3O2/c1-5-25(6-2,15-26)28-22(30)17-14-24(4)19-11-13-23(3)12-7-8-18(23)16(19)9-10-20(24)27-21(17)29/h14,16,18-20H,5-13H2,1-4H3,(H,27,29)(H,28,30)/t16-,18-,19+,20?,23-,24+/m0/s1. The molecular formula is C25H37N3O2. The summed E-state index contributed by atoms with van der Waals surface area (Å²) in [7, 11) is 0. The normalized spacial score (nSPS) is 40.2. The lowest BCUT2D eigenvalue weighted by Crippen LogP contribution is -2.61. The maximum absolute atomic E-state index is 13.1. The zero-order valence-corrected chi connectivity index (χ0v) is 19.0.